The van der Waals surface area contributed by atoms with Gasteiger partial charge in [-0.3, -0.25) is 19.7 Å². The number of carbonyl (C=O) groups excluding carboxylic acids is 2. The van der Waals surface area contributed by atoms with E-state index in [4.69, 9.17) is 4.74 Å². The Kier molecular flexibility index (Phi) is 6.24. The van der Waals surface area contributed by atoms with Gasteiger partial charge in [-0.2, -0.15) is 0 Å². The molecule has 0 saturated carbocycles. The van der Waals surface area contributed by atoms with Gasteiger partial charge in [0.2, 0.25) is 15.9 Å². The van der Waals surface area contributed by atoms with Gasteiger partial charge in [0.05, 0.1) is 13.4 Å². The molecule has 0 radical (unpaired) electrons. The highest BCUT2D eigenvalue weighted by Crippen LogP contribution is 2.44. The van der Waals surface area contributed by atoms with Gasteiger partial charge in [0.25, 0.3) is 0 Å². The van der Waals surface area contributed by atoms with Crippen LogP contribution in [0.15, 0.2) is 30.3 Å². The number of aryl methyl sites for hydroxylation is 1. The van der Waals surface area contributed by atoms with E-state index in [2.05, 4.69) is 30.8 Å². The molecule has 0 spiro atoms. The third-order valence-corrected chi connectivity index (χ3v) is 5.88. The first-order chi connectivity index (χ1) is 14.8. The molecule has 8 nitrogen and oxygen atoms in total. The number of hydrogen-bond acceptors (Lipinski definition) is 5. The van der Waals surface area contributed by atoms with E-state index in [0.29, 0.717) is 17.1 Å². The van der Waals surface area contributed by atoms with Gasteiger partial charge < -0.3 is 4.74 Å². The van der Waals surface area contributed by atoms with Crippen molar-refractivity contribution < 1.29 is 22.7 Å². The number of hydrogen-bond donors (Lipinski definition) is 2. The van der Waals surface area contributed by atoms with E-state index in [1.165, 1.54) is 0 Å². The molecule has 2 N–H and O–H groups in total. The minimum atomic E-state index is -3.40. The average Bonchev–Trinajstić information content (AvgIpc) is 2.65. The number of urea groups is 1. The lowest BCUT2D eigenvalue weighted by atomic mass is 9.83. The number of ether oxygens (including phenoxy) is 1. The minimum Gasteiger partial charge on any atom is -0.496 e. The summed E-state index contributed by atoms with van der Waals surface area (Å²) in [6, 6.07) is 8.62. The summed E-state index contributed by atoms with van der Waals surface area (Å²) in [6.07, 6.45) is 1.33. The maximum atomic E-state index is 12.5. The Bertz CT molecular complexity index is 1180. The van der Waals surface area contributed by atoms with Crippen LogP contribution in [-0.4, -0.2) is 40.3 Å². The van der Waals surface area contributed by atoms with Crippen molar-refractivity contribution in [2.75, 3.05) is 29.5 Å². The zero-order chi connectivity index (χ0) is 23.8. The number of benzene rings is 2. The fourth-order valence-electron chi connectivity index (χ4n) is 3.80. The summed E-state index contributed by atoms with van der Waals surface area (Å²) in [5.74, 6) is 0.391. The molecule has 3 amide bonds. The predicted octanol–water partition coefficient (Wildman–Crippen LogP) is 3.79. The second kappa shape index (κ2) is 8.46. The zero-order valence-electron chi connectivity index (χ0n) is 19.2. The quantitative estimate of drug-likeness (QED) is 0.708. The summed E-state index contributed by atoms with van der Waals surface area (Å²) in [5, 5.41) is 2.37. The van der Waals surface area contributed by atoms with Crippen LogP contribution in [0.3, 0.4) is 0 Å². The van der Waals surface area contributed by atoms with Crippen LogP contribution in [0, 0.1) is 6.92 Å². The van der Waals surface area contributed by atoms with Crippen molar-refractivity contribution >= 4 is 33.3 Å². The Labute approximate surface area is 189 Å². The maximum Gasteiger partial charge on any atom is 0.328 e. The monoisotopic (exact) mass is 459 g/mol. The SMILES string of the molecule is COc1c(-c2ccc(NS(C)(=O)=O)cc2C)cc(N2CCC(=O)NC2=O)cc1C(C)(C)C. The first-order valence-electron chi connectivity index (χ1n) is 10.2. The standard InChI is InChI=1S/C23H29N3O5S/c1-14-11-15(25-32(6,29)30)7-8-17(14)18-12-16(26-10-9-20(27)24-22(26)28)13-19(21(18)31-5)23(2,3)4/h7-8,11-13,25H,9-10H2,1-6H3,(H,24,27,28). The second-order valence-corrected chi connectivity index (χ2v) is 10.7. The number of carbonyl (C=O) groups is 2. The fraction of sp³-hybridized carbons (Fsp3) is 0.391. The van der Waals surface area contributed by atoms with Crippen LogP contribution in [0.5, 0.6) is 5.75 Å². The number of anilines is 2. The van der Waals surface area contributed by atoms with Gasteiger partial charge in [-0.05, 0) is 47.7 Å². The molecular formula is C23H29N3O5S. The molecule has 0 atom stereocenters. The van der Waals surface area contributed by atoms with Crippen molar-refractivity contribution in [3.05, 3.63) is 41.5 Å². The summed E-state index contributed by atoms with van der Waals surface area (Å²) >= 11 is 0. The number of sulfonamides is 1. The Morgan fingerprint density at radius 3 is 2.31 bits per heavy atom. The Morgan fingerprint density at radius 1 is 1.09 bits per heavy atom. The lowest BCUT2D eigenvalue weighted by Crippen LogP contribution is -2.49. The molecule has 2 aromatic carbocycles. The molecule has 0 aromatic heterocycles. The van der Waals surface area contributed by atoms with Gasteiger partial charge in [-0.15, -0.1) is 0 Å². The lowest BCUT2D eigenvalue weighted by molar-refractivity contribution is -0.120. The molecule has 3 rings (SSSR count). The average molecular weight is 460 g/mol. The van der Waals surface area contributed by atoms with E-state index < -0.39 is 16.1 Å². The third kappa shape index (κ3) is 5.04. The number of rotatable bonds is 5. The number of amides is 3. The summed E-state index contributed by atoms with van der Waals surface area (Å²) in [6.45, 7) is 8.35. The molecule has 172 valence electrons. The summed E-state index contributed by atoms with van der Waals surface area (Å²) in [4.78, 5) is 25.7. The maximum absolute atomic E-state index is 12.5. The largest absolute Gasteiger partial charge is 0.496 e. The van der Waals surface area contributed by atoms with Gasteiger partial charge in [0.15, 0.2) is 0 Å². The summed E-state index contributed by atoms with van der Waals surface area (Å²) in [5.41, 5.74) is 4.22. The molecule has 1 aliphatic rings. The summed E-state index contributed by atoms with van der Waals surface area (Å²) in [7, 11) is -1.79. The fourth-order valence-corrected chi connectivity index (χ4v) is 4.36. The topological polar surface area (TPSA) is 105 Å². The normalized spacial score (nSPS) is 14.9. The molecule has 0 aliphatic carbocycles. The molecule has 1 saturated heterocycles. The first kappa shape index (κ1) is 23.6. The van der Waals surface area contributed by atoms with Crippen molar-refractivity contribution in [3.63, 3.8) is 0 Å². The first-order valence-corrected chi connectivity index (χ1v) is 12.1. The van der Waals surface area contributed by atoms with Crippen LogP contribution < -0.4 is 19.7 Å². The third-order valence-electron chi connectivity index (χ3n) is 5.27. The molecule has 1 aliphatic heterocycles. The number of imide groups is 1. The van der Waals surface area contributed by atoms with Crippen molar-refractivity contribution in [1.29, 1.82) is 0 Å². The predicted molar refractivity (Wildman–Crippen MR) is 126 cm³/mol. The number of methoxy groups -OCH3 is 1. The van der Waals surface area contributed by atoms with Crippen LogP contribution >= 0.6 is 0 Å². The van der Waals surface area contributed by atoms with E-state index >= 15 is 0 Å². The number of nitrogens with one attached hydrogen (secondary N) is 2. The minimum absolute atomic E-state index is 0.225. The Hall–Kier alpha value is -3.07. The van der Waals surface area contributed by atoms with Crippen LogP contribution in [0.1, 0.15) is 38.3 Å². The van der Waals surface area contributed by atoms with E-state index in [0.717, 1.165) is 28.5 Å². The van der Waals surface area contributed by atoms with Crippen LogP contribution in [0.25, 0.3) is 11.1 Å². The second-order valence-electron chi connectivity index (χ2n) is 8.98. The van der Waals surface area contributed by atoms with E-state index in [1.807, 2.05) is 25.1 Å². The van der Waals surface area contributed by atoms with Crippen molar-refractivity contribution in [3.8, 4) is 16.9 Å². The molecule has 0 unspecified atom stereocenters. The Morgan fingerprint density at radius 2 is 1.78 bits per heavy atom. The molecule has 2 aromatic rings. The molecule has 0 bridgehead atoms. The van der Waals surface area contributed by atoms with Crippen molar-refractivity contribution in [2.24, 2.45) is 0 Å². The van der Waals surface area contributed by atoms with E-state index in [1.54, 1.807) is 24.1 Å². The Balaban J connectivity index is 2.20. The van der Waals surface area contributed by atoms with Gasteiger partial charge in [0, 0.05) is 35.5 Å². The van der Waals surface area contributed by atoms with Crippen molar-refractivity contribution in [1.82, 2.24) is 5.32 Å². The van der Waals surface area contributed by atoms with E-state index in [-0.39, 0.29) is 24.3 Å². The van der Waals surface area contributed by atoms with Gasteiger partial charge in [-0.25, -0.2) is 13.2 Å². The van der Waals surface area contributed by atoms with Crippen molar-refractivity contribution in [2.45, 2.75) is 39.5 Å². The van der Waals surface area contributed by atoms with Crippen LogP contribution in [-0.2, 0) is 20.2 Å². The molecule has 1 heterocycles. The highest BCUT2D eigenvalue weighted by atomic mass is 32.2. The van der Waals surface area contributed by atoms with E-state index in [9.17, 15) is 18.0 Å². The lowest BCUT2D eigenvalue weighted by Gasteiger charge is -2.31. The summed E-state index contributed by atoms with van der Waals surface area (Å²) < 4.78 is 31.5. The van der Waals surface area contributed by atoms with Gasteiger partial charge in [0.1, 0.15) is 5.75 Å². The van der Waals surface area contributed by atoms with Gasteiger partial charge >= 0.3 is 6.03 Å². The smallest absolute Gasteiger partial charge is 0.328 e. The zero-order valence-corrected chi connectivity index (χ0v) is 20.0. The molecular weight excluding hydrogens is 430 g/mol. The van der Waals surface area contributed by atoms with Crippen LogP contribution in [0.4, 0.5) is 16.2 Å². The highest BCUT2D eigenvalue weighted by molar-refractivity contribution is 7.92. The van der Waals surface area contributed by atoms with Crippen LogP contribution in [0.2, 0.25) is 0 Å². The number of nitrogens with zero attached hydrogens (tertiary/aromatic N) is 1. The molecule has 9 heteroatoms. The molecule has 32 heavy (non-hydrogen) atoms. The van der Waals surface area contributed by atoms with Gasteiger partial charge in [-0.1, -0.05) is 26.8 Å². The molecule has 1 fully saturated rings. The highest BCUT2D eigenvalue weighted by Gasteiger charge is 2.29.